The molecular weight excluding hydrogens is 258 g/mol. The van der Waals surface area contributed by atoms with Crippen LogP contribution in [0, 0.1) is 12.5 Å². The molecule has 0 aromatic heterocycles. The molecule has 2 aromatic carbocycles. The Balaban J connectivity index is 2.38. The zero-order valence-corrected chi connectivity index (χ0v) is 11.3. The predicted molar refractivity (Wildman–Crippen MR) is 75.7 cm³/mol. The van der Waals surface area contributed by atoms with Gasteiger partial charge in [0.25, 0.3) is 10.0 Å². The molecule has 0 heterocycles. The number of hydrogen-bond acceptors (Lipinski definition) is 2. The molecule has 0 spiro atoms. The summed E-state index contributed by atoms with van der Waals surface area (Å²) < 4.78 is 24.9. The van der Waals surface area contributed by atoms with Gasteiger partial charge in [0.2, 0.25) is 0 Å². The van der Waals surface area contributed by atoms with Crippen molar-refractivity contribution in [2.75, 3.05) is 7.05 Å². The Kier molecular flexibility index (Phi) is 3.59. The standard InChI is InChI=1S/C15H13NO2S/c1-3-16(2)19(17,18)15-11-9-14(10-12-15)13-7-5-4-6-8-13/h1,4-12H,2H3. The first-order chi connectivity index (χ1) is 9.05. The molecule has 19 heavy (non-hydrogen) atoms. The lowest BCUT2D eigenvalue weighted by Crippen LogP contribution is -2.21. The Labute approximate surface area is 113 Å². The van der Waals surface area contributed by atoms with Gasteiger partial charge >= 0.3 is 0 Å². The van der Waals surface area contributed by atoms with Gasteiger partial charge in [-0.05, 0) is 23.3 Å². The fourth-order valence-electron chi connectivity index (χ4n) is 1.68. The van der Waals surface area contributed by atoms with Crippen LogP contribution in [0.25, 0.3) is 11.1 Å². The molecule has 2 aromatic rings. The van der Waals surface area contributed by atoms with Gasteiger partial charge in [0.15, 0.2) is 0 Å². The largest absolute Gasteiger partial charge is 0.270 e. The fourth-order valence-corrected chi connectivity index (χ4v) is 2.61. The van der Waals surface area contributed by atoms with Crippen LogP contribution in [-0.2, 0) is 10.0 Å². The van der Waals surface area contributed by atoms with E-state index in [1.165, 1.54) is 7.05 Å². The number of hydrogen-bond donors (Lipinski definition) is 0. The smallest absolute Gasteiger partial charge is 0.228 e. The van der Waals surface area contributed by atoms with Gasteiger partial charge in [-0.1, -0.05) is 48.9 Å². The van der Waals surface area contributed by atoms with Gasteiger partial charge < -0.3 is 0 Å². The first kappa shape index (κ1) is 13.2. The summed E-state index contributed by atoms with van der Waals surface area (Å²) in [6.45, 7) is 0. The van der Waals surface area contributed by atoms with Crippen LogP contribution in [0.4, 0.5) is 0 Å². The van der Waals surface area contributed by atoms with Crippen molar-refractivity contribution < 1.29 is 8.42 Å². The van der Waals surface area contributed by atoms with Gasteiger partial charge in [0, 0.05) is 13.1 Å². The lowest BCUT2D eigenvalue weighted by molar-refractivity contribution is 0.547. The van der Waals surface area contributed by atoms with Crippen molar-refractivity contribution in [3.63, 3.8) is 0 Å². The second kappa shape index (κ2) is 5.17. The average Bonchev–Trinajstić information content (AvgIpc) is 2.47. The third-order valence-corrected chi connectivity index (χ3v) is 4.50. The number of rotatable bonds is 3. The average molecular weight is 271 g/mol. The summed E-state index contributed by atoms with van der Waals surface area (Å²) in [6.07, 6.45) is 5.11. The highest BCUT2D eigenvalue weighted by atomic mass is 32.2. The zero-order chi connectivity index (χ0) is 13.9. The topological polar surface area (TPSA) is 37.4 Å². The van der Waals surface area contributed by atoms with E-state index in [4.69, 9.17) is 6.42 Å². The molecule has 0 N–H and O–H groups in total. The van der Waals surface area contributed by atoms with E-state index in [0.29, 0.717) is 0 Å². The Morgan fingerprint density at radius 2 is 1.47 bits per heavy atom. The van der Waals surface area contributed by atoms with E-state index < -0.39 is 10.0 Å². The van der Waals surface area contributed by atoms with E-state index >= 15 is 0 Å². The fraction of sp³-hybridized carbons (Fsp3) is 0.0667. The maximum Gasteiger partial charge on any atom is 0.270 e. The minimum absolute atomic E-state index is 0.188. The number of terminal acetylenes is 1. The minimum Gasteiger partial charge on any atom is -0.228 e. The van der Waals surface area contributed by atoms with E-state index in [1.54, 1.807) is 24.3 Å². The summed E-state index contributed by atoms with van der Waals surface area (Å²) in [5, 5.41) is 0. The lowest BCUT2D eigenvalue weighted by Gasteiger charge is -2.12. The molecule has 0 saturated carbocycles. The first-order valence-electron chi connectivity index (χ1n) is 5.66. The molecule has 4 heteroatoms. The van der Waals surface area contributed by atoms with Crippen LogP contribution < -0.4 is 0 Å². The third-order valence-electron chi connectivity index (χ3n) is 2.80. The van der Waals surface area contributed by atoms with Crippen LogP contribution in [0.5, 0.6) is 0 Å². The first-order valence-corrected chi connectivity index (χ1v) is 7.10. The van der Waals surface area contributed by atoms with Crippen molar-refractivity contribution in [2.24, 2.45) is 0 Å². The van der Waals surface area contributed by atoms with Crippen molar-refractivity contribution in [3.05, 3.63) is 54.6 Å². The van der Waals surface area contributed by atoms with Gasteiger partial charge in [-0.2, -0.15) is 0 Å². The van der Waals surface area contributed by atoms with E-state index in [1.807, 2.05) is 30.3 Å². The van der Waals surface area contributed by atoms with E-state index in [2.05, 4.69) is 6.04 Å². The van der Waals surface area contributed by atoms with Crippen molar-refractivity contribution in [2.45, 2.75) is 4.90 Å². The maximum absolute atomic E-state index is 12.0. The molecule has 0 atom stereocenters. The van der Waals surface area contributed by atoms with E-state index in [9.17, 15) is 8.42 Å². The van der Waals surface area contributed by atoms with Crippen LogP contribution >= 0.6 is 0 Å². The highest BCUT2D eigenvalue weighted by molar-refractivity contribution is 7.89. The van der Waals surface area contributed by atoms with Crippen LogP contribution in [0.15, 0.2) is 59.5 Å². The SMILES string of the molecule is C#CN(C)S(=O)(=O)c1ccc(-c2ccccc2)cc1. The van der Waals surface area contributed by atoms with Gasteiger partial charge in [-0.3, -0.25) is 0 Å². The van der Waals surface area contributed by atoms with Crippen molar-refractivity contribution in [1.29, 1.82) is 0 Å². The summed E-state index contributed by atoms with van der Waals surface area (Å²) in [5.74, 6) is 0. The summed E-state index contributed by atoms with van der Waals surface area (Å²) in [5.41, 5.74) is 2.00. The second-order valence-corrected chi connectivity index (χ2v) is 5.96. The van der Waals surface area contributed by atoms with Crippen molar-refractivity contribution >= 4 is 10.0 Å². The highest BCUT2D eigenvalue weighted by Gasteiger charge is 2.17. The molecule has 0 bridgehead atoms. The molecule has 0 radical (unpaired) electrons. The van der Waals surface area contributed by atoms with Gasteiger partial charge in [-0.25, -0.2) is 12.7 Å². The van der Waals surface area contributed by atoms with E-state index in [0.717, 1.165) is 15.4 Å². The van der Waals surface area contributed by atoms with Gasteiger partial charge in [-0.15, -0.1) is 0 Å². The third kappa shape index (κ3) is 2.61. The van der Waals surface area contributed by atoms with Crippen molar-refractivity contribution in [1.82, 2.24) is 4.31 Å². The number of sulfonamides is 1. The van der Waals surface area contributed by atoms with Gasteiger partial charge in [0.1, 0.15) is 0 Å². The molecule has 0 amide bonds. The minimum atomic E-state index is -3.59. The molecule has 2 rings (SSSR count). The van der Waals surface area contributed by atoms with Crippen molar-refractivity contribution in [3.8, 4) is 23.6 Å². The normalized spacial score (nSPS) is 10.7. The highest BCUT2D eigenvalue weighted by Crippen LogP contribution is 2.22. The Bertz CT molecular complexity index is 698. The van der Waals surface area contributed by atoms with Crippen LogP contribution in [0.2, 0.25) is 0 Å². The Morgan fingerprint density at radius 3 is 2.00 bits per heavy atom. The molecule has 0 unspecified atom stereocenters. The Morgan fingerprint density at radius 1 is 0.947 bits per heavy atom. The predicted octanol–water partition coefficient (Wildman–Crippen LogP) is 2.56. The summed E-state index contributed by atoms with van der Waals surface area (Å²) in [6, 6.07) is 18.5. The molecule has 3 nitrogen and oxygen atoms in total. The van der Waals surface area contributed by atoms with Crippen LogP contribution in [0.3, 0.4) is 0 Å². The van der Waals surface area contributed by atoms with E-state index in [-0.39, 0.29) is 4.90 Å². The van der Waals surface area contributed by atoms with Crippen LogP contribution in [-0.4, -0.2) is 19.8 Å². The monoisotopic (exact) mass is 271 g/mol. The lowest BCUT2D eigenvalue weighted by atomic mass is 10.1. The maximum atomic E-state index is 12.0. The molecule has 96 valence electrons. The molecule has 0 aliphatic heterocycles. The molecular formula is C15H13NO2S. The molecule has 0 aliphatic carbocycles. The van der Waals surface area contributed by atoms with Gasteiger partial charge in [0.05, 0.1) is 4.90 Å². The number of benzene rings is 2. The molecule has 0 aliphatic rings. The molecule has 0 fully saturated rings. The summed E-state index contributed by atoms with van der Waals surface area (Å²) in [7, 11) is -2.24. The zero-order valence-electron chi connectivity index (χ0n) is 10.4. The van der Waals surface area contributed by atoms with Crippen LogP contribution in [0.1, 0.15) is 0 Å². The summed E-state index contributed by atoms with van der Waals surface area (Å²) >= 11 is 0. The number of nitrogens with zero attached hydrogens (tertiary/aromatic N) is 1. The summed E-state index contributed by atoms with van der Waals surface area (Å²) in [4.78, 5) is 0.188. The molecule has 0 saturated heterocycles. The second-order valence-electron chi connectivity index (χ2n) is 3.99. The quantitative estimate of drug-likeness (QED) is 0.635. The Hall–Kier alpha value is -2.25.